The monoisotopic (exact) mass is 245 g/mol. The molecule has 2 heterocycles. The van der Waals surface area contributed by atoms with Gasteiger partial charge in [0.1, 0.15) is 0 Å². The molecule has 2 rings (SSSR count). The number of hydrogen-bond donors (Lipinski definition) is 2. The standard InChI is InChI=1S/C13H19N5/c1-3-15-12-6-13(9-14-8-12)16-4-5-18-10-11(2)7-17-18/h6-10,15-16H,3-5H2,1-2H3. The summed E-state index contributed by atoms with van der Waals surface area (Å²) in [5, 5.41) is 10.8. The van der Waals surface area contributed by atoms with Gasteiger partial charge in [-0.3, -0.25) is 9.67 Å². The minimum atomic E-state index is 0.832. The average Bonchev–Trinajstić information content (AvgIpc) is 2.76. The van der Waals surface area contributed by atoms with Crippen molar-refractivity contribution in [2.24, 2.45) is 0 Å². The maximum absolute atomic E-state index is 4.24. The molecule has 0 aromatic carbocycles. The fourth-order valence-corrected chi connectivity index (χ4v) is 1.74. The van der Waals surface area contributed by atoms with Crippen LogP contribution in [0.5, 0.6) is 0 Å². The van der Waals surface area contributed by atoms with Gasteiger partial charge in [-0.05, 0) is 25.5 Å². The van der Waals surface area contributed by atoms with Gasteiger partial charge in [0.2, 0.25) is 0 Å². The van der Waals surface area contributed by atoms with E-state index in [4.69, 9.17) is 0 Å². The van der Waals surface area contributed by atoms with Gasteiger partial charge in [-0.25, -0.2) is 0 Å². The second-order valence-electron chi connectivity index (χ2n) is 4.20. The van der Waals surface area contributed by atoms with Crippen molar-refractivity contribution in [2.45, 2.75) is 20.4 Å². The van der Waals surface area contributed by atoms with Crippen LogP contribution < -0.4 is 10.6 Å². The highest BCUT2D eigenvalue weighted by Crippen LogP contribution is 2.12. The zero-order valence-electron chi connectivity index (χ0n) is 10.8. The van der Waals surface area contributed by atoms with Crippen LogP contribution in [0, 0.1) is 6.92 Å². The molecule has 0 bridgehead atoms. The van der Waals surface area contributed by atoms with E-state index in [9.17, 15) is 0 Å². The fraction of sp³-hybridized carbons (Fsp3) is 0.385. The molecule has 0 aliphatic rings. The predicted octanol–water partition coefficient (Wildman–Crippen LogP) is 2.13. The first-order valence-corrected chi connectivity index (χ1v) is 6.20. The summed E-state index contributed by atoms with van der Waals surface area (Å²) in [7, 11) is 0. The number of nitrogens with zero attached hydrogens (tertiary/aromatic N) is 3. The number of aryl methyl sites for hydroxylation is 1. The maximum atomic E-state index is 4.24. The van der Waals surface area contributed by atoms with Crippen molar-refractivity contribution in [3.8, 4) is 0 Å². The Morgan fingerprint density at radius 1 is 1.17 bits per heavy atom. The molecule has 5 heteroatoms. The lowest BCUT2D eigenvalue weighted by atomic mass is 10.3. The zero-order valence-corrected chi connectivity index (χ0v) is 10.8. The Hall–Kier alpha value is -2.04. The molecule has 0 aliphatic carbocycles. The Balaban J connectivity index is 1.84. The van der Waals surface area contributed by atoms with Crippen molar-refractivity contribution in [3.63, 3.8) is 0 Å². The Kier molecular flexibility index (Phi) is 4.17. The lowest BCUT2D eigenvalue weighted by molar-refractivity contribution is 0.637. The molecule has 2 aromatic rings. The Morgan fingerprint density at radius 3 is 2.61 bits per heavy atom. The molecule has 0 saturated heterocycles. The van der Waals surface area contributed by atoms with Gasteiger partial charge in [-0.1, -0.05) is 0 Å². The third-order valence-corrected chi connectivity index (χ3v) is 2.55. The van der Waals surface area contributed by atoms with Gasteiger partial charge >= 0.3 is 0 Å². The van der Waals surface area contributed by atoms with E-state index in [-0.39, 0.29) is 0 Å². The number of pyridine rings is 1. The van der Waals surface area contributed by atoms with Crippen molar-refractivity contribution in [1.82, 2.24) is 14.8 Å². The van der Waals surface area contributed by atoms with Crippen LogP contribution in [-0.4, -0.2) is 27.9 Å². The first-order chi connectivity index (χ1) is 8.78. The molecule has 18 heavy (non-hydrogen) atoms. The van der Waals surface area contributed by atoms with E-state index in [0.29, 0.717) is 0 Å². The van der Waals surface area contributed by atoms with Crippen LogP contribution in [0.3, 0.4) is 0 Å². The van der Waals surface area contributed by atoms with Gasteiger partial charge in [0.05, 0.1) is 36.5 Å². The van der Waals surface area contributed by atoms with Crippen molar-refractivity contribution in [1.29, 1.82) is 0 Å². The first kappa shape index (κ1) is 12.4. The van der Waals surface area contributed by atoms with E-state index in [1.807, 2.05) is 36.4 Å². The molecule has 2 N–H and O–H groups in total. The minimum absolute atomic E-state index is 0.832. The van der Waals surface area contributed by atoms with Crippen LogP contribution >= 0.6 is 0 Å². The predicted molar refractivity (Wildman–Crippen MR) is 73.9 cm³/mol. The summed E-state index contributed by atoms with van der Waals surface area (Å²) in [6, 6.07) is 2.06. The van der Waals surface area contributed by atoms with E-state index in [1.54, 1.807) is 0 Å². The number of rotatable bonds is 6. The second kappa shape index (κ2) is 6.05. The Morgan fingerprint density at radius 2 is 1.94 bits per heavy atom. The number of aromatic nitrogens is 3. The van der Waals surface area contributed by atoms with Crippen molar-refractivity contribution < 1.29 is 0 Å². The molecule has 0 spiro atoms. The quantitative estimate of drug-likeness (QED) is 0.818. The normalized spacial score (nSPS) is 10.3. The van der Waals surface area contributed by atoms with Crippen LogP contribution in [0.4, 0.5) is 11.4 Å². The molecule has 0 saturated carbocycles. The summed E-state index contributed by atoms with van der Waals surface area (Å²) < 4.78 is 1.93. The maximum Gasteiger partial charge on any atom is 0.0582 e. The Bertz CT molecular complexity index is 492. The molecule has 96 valence electrons. The summed E-state index contributed by atoms with van der Waals surface area (Å²) in [6.45, 7) is 6.69. The third kappa shape index (κ3) is 3.48. The third-order valence-electron chi connectivity index (χ3n) is 2.55. The summed E-state index contributed by atoms with van der Waals surface area (Å²) in [4.78, 5) is 4.19. The van der Waals surface area contributed by atoms with Crippen LogP contribution in [0.1, 0.15) is 12.5 Å². The smallest absolute Gasteiger partial charge is 0.0582 e. The number of anilines is 2. The summed E-state index contributed by atoms with van der Waals surface area (Å²) >= 11 is 0. The van der Waals surface area contributed by atoms with E-state index in [2.05, 4.69) is 33.7 Å². The lowest BCUT2D eigenvalue weighted by Gasteiger charge is -2.08. The molecule has 0 radical (unpaired) electrons. The molecule has 0 unspecified atom stereocenters. The summed E-state index contributed by atoms with van der Waals surface area (Å²) in [6.07, 6.45) is 7.56. The van der Waals surface area contributed by atoms with Gasteiger partial charge in [-0.15, -0.1) is 0 Å². The van der Waals surface area contributed by atoms with Crippen LogP contribution in [0.2, 0.25) is 0 Å². The second-order valence-corrected chi connectivity index (χ2v) is 4.20. The van der Waals surface area contributed by atoms with Crippen molar-refractivity contribution >= 4 is 11.4 Å². The van der Waals surface area contributed by atoms with E-state index < -0.39 is 0 Å². The van der Waals surface area contributed by atoms with Crippen LogP contribution in [0.15, 0.2) is 30.9 Å². The van der Waals surface area contributed by atoms with Crippen molar-refractivity contribution in [2.75, 3.05) is 23.7 Å². The van der Waals surface area contributed by atoms with Gasteiger partial charge in [0.15, 0.2) is 0 Å². The molecule has 5 nitrogen and oxygen atoms in total. The highest BCUT2D eigenvalue weighted by Gasteiger charge is 1.97. The number of nitrogens with one attached hydrogen (secondary N) is 2. The molecule has 0 atom stereocenters. The van der Waals surface area contributed by atoms with Crippen molar-refractivity contribution in [3.05, 3.63) is 36.4 Å². The first-order valence-electron chi connectivity index (χ1n) is 6.20. The van der Waals surface area contributed by atoms with Gasteiger partial charge in [0.25, 0.3) is 0 Å². The highest BCUT2D eigenvalue weighted by atomic mass is 15.3. The van der Waals surface area contributed by atoms with Gasteiger partial charge < -0.3 is 10.6 Å². The highest BCUT2D eigenvalue weighted by molar-refractivity contribution is 5.53. The van der Waals surface area contributed by atoms with Gasteiger partial charge in [0, 0.05) is 19.3 Å². The zero-order chi connectivity index (χ0) is 12.8. The summed E-state index contributed by atoms with van der Waals surface area (Å²) in [5.41, 5.74) is 3.25. The molecule has 2 aromatic heterocycles. The average molecular weight is 245 g/mol. The van der Waals surface area contributed by atoms with E-state index in [0.717, 1.165) is 31.0 Å². The minimum Gasteiger partial charge on any atom is -0.384 e. The SMILES string of the molecule is CCNc1cncc(NCCn2cc(C)cn2)c1. The summed E-state index contributed by atoms with van der Waals surface area (Å²) in [5.74, 6) is 0. The molecular weight excluding hydrogens is 226 g/mol. The molecule has 0 aliphatic heterocycles. The van der Waals surface area contributed by atoms with Gasteiger partial charge in [-0.2, -0.15) is 5.10 Å². The molecular formula is C13H19N5. The molecule has 0 amide bonds. The lowest BCUT2D eigenvalue weighted by Crippen LogP contribution is -2.11. The van der Waals surface area contributed by atoms with E-state index in [1.165, 1.54) is 5.56 Å². The molecule has 0 fully saturated rings. The topological polar surface area (TPSA) is 54.8 Å². The fourth-order valence-electron chi connectivity index (χ4n) is 1.74. The number of hydrogen-bond acceptors (Lipinski definition) is 4. The van der Waals surface area contributed by atoms with E-state index >= 15 is 0 Å². The van der Waals surface area contributed by atoms with Crippen LogP contribution in [-0.2, 0) is 6.54 Å². The Labute approximate surface area is 107 Å². The largest absolute Gasteiger partial charge is 0.384 e. The van der Waals surface area contributed by atoms with Crippen LogP contribution in [0.25, 0.3) is 0 Å².